The molecule has 0 bridgehead atoms. The number of aliphatic hydroxyl groups excluding tert-OH is 1. The highest BCUT2D eigenvalue weighted by Crippen LogP contribution is 2.10. The summed E-state index contributed by atoms with van der Waals surface area (Å²) in [7, 11) is 0. The molecule has 178 valence electrons. The lowest BCUT2D eigenvalue weighted by atomic mass is 9.97. The van der Waals surface area contributed by atoms with E-state index in [0.717, 1.165) is 0 Å². The Kier molecular flexibility index (Phi) is 12.4. The average Bonchev–Trinajstić information content (AvgIpc) is 2.70. The summed E-state index contributed by atoms with van der Waals surface area (Å²) in [5.41, 5.74) is 10.6. The van der Waals surface area contributed by atoms with Gasteiger partial charge in [-0.05, 0) is 18.3 Å². The van der Waals surface area contributed by atoms with Gasteiger partial charge in [-0.15, -0.1) is 0 Å². The summed E-state index contributed by atoms with van der Waals surface area (Å²) in [5.74, 6) is -4.98. The van der Waals surface area contributed by atoms with E-state index in [-0.39, 0.29) is 18.8 Å². The summed E-state index contributed by atoms with van der Waals surface area (Å²) < 4.78 is 0. The van der Waals surface area contributed by atoms with Crippen LogP contribution in [-0.4, -0.2) is 70.6 Å². The Balaban J connectivity index is 5.58. The van der Waals surface area contributed by atoms with Gasteiger partial charge in [0.25, 0.3) is 0 Å². The van der Waals surface area contributed by atoms with Crippen molar-refractivity contribution in [1.82, 2.24) is 16.0 Å². The van der Waals surface area contributed by atoms with Crippen molar-refractivity contribution in [2.45, 2.75) is 71.1 Å². The second kappa shape index (κ2) is 13.5. The standard InChI is InChI=1S/C19H35N5O7/c1-5-10(4)15(24-16(27)11(20)8-25)18(29)22-12(6-7-13(21)26)17(28)23-14(9(2)3)19(30)31/h9-12,14-15,25H,5-8,20H2,1-4H3,(H2,21,26)(H,22,29)(H,23,28)(H,24,27)(H,30,31). The van der Waals surface area contributed by atoms with Crippen LogP contribution in [0.1, 0.15) is 47.0 Å². The van der Waals surface area contributed by atoms with Crippen LogP contribution in [0.25, 0.3) is 0 Å². The third-order valence-corrected chi connectivity index (χ3v) is 4.87. The van der Waals surface area contributed by atoms with Crippen LogP contribution in [0.2, 0.25) is 0 Å². The number of aliphatic hydroxyl groups is 1. The Morgan fingerprint density at radius 1 is 0.903 bits per heavy atom. The quantitative estimate of drug-likeness (QED) is 0.155. The lowest BCUT2D eigenvalue weighted by molar-refractivity contribution is -0.143. The van der Waals surface area contributed by atoms with Gasteiger partial charge in [0, 0.05) is 6.42 Å². The molecule has 0 aliphatic heterocycles. The normalized spacial score (nSPS) is 15.8. The molecule has 0 aromatic rings. The Labute approximate surface area is 181 Å². The zero-order valence-corrected chi connectivity index (χ0v) is 18.4. The number of hydrogen-bond acceptors (Lipinski definition) is 7. The summed E-state index contributed by atoms with van der Waals surface area (Å²) in [6.45, 7) is 6.09. The topological polar surface area (TPSA) is 214 Å². The summed E-state index contributed by atoms with van der Waals surface area (Å²) in [6.07, 6.45) is 0.113. The number of carbonyl (C=O) groups excluding carboxylic acids is 4. The monoisotopic (exact) mass is 445 g/mol. The maximum Gasteiger partial charge on any atom is 0.326 e. The molecular weight excluding hydrogens is 410 g/mol. The number of nitrogens with one attached hydrogen (secondary N) is 3. The van der Waals surface area contributed by atoms with Crippen molar-refractivity contribution in [3.05, 3.63) is 0 Å². The Morgan fingerprint density at radius 2 is 1.45 bits per heavy atom. The van der Waals surface area contributed by atoms with Gasteiger partial charge in [0.15, 0.2) is 0 Å². The van der Waals surface area contributed by atoms with Crippen molar-refractivity contribution in [3.8, 4) is 0 Å². The number of amides is 4. The largest absolute Gasteiger partial charge is 0.480 e. The lowest BCUT2D eigenvalue weighted by Crippen LogP contribution is -2.59. The molecule has 0 aliphatic rings. The Morgan fingerprint density at radius 3 is 1.87 bits per heavy atom. The van der Waals surface area contributed by atoms with Crippen LogP contribution < -0.4 is 27.4 Å². The van der Waals surface area contributed by atoms with E-state index in [9.17, 15) is 29.1 Å². The number of carboxylic acids is 1. The van der Waals surface area contributed by atoms with Crippen LogP contribution in [0, 0.1) is 11.8 Å². The fourth-order valence-corrected chi connectivity index (χ4v) is 2.63. The van der Waals surface area contributed by atoms with Crippen molar-refractivity contribution in [2.24, 2.45) is 23.3 Å². The van der Waals surface area contributed by atoms with Crippen molar-refractivity contribution < 1.29 is 34.2 Å². The first-order chi connectivity index (χ1) is 14.3. The van der Waals surface area contributed by atoms with Crippen molar-refractivity contribution in [3.63, 3.8) is 0 Å². The van der Waals surface area contributed by atoms with E-state index < -0.39 is 66.3 Å². The minimum Gasteiger partial charge on any atom is -0.480 e. The van der Waals surface area contributed by atoms with Gasteiger partial charge in [-0.3, -0.25) is 19.2 Å². The number of rotatable bonds is 14. The predicted molar refractivity (Wildman–Crippen MR) is 111 cm³/mol. The molecular formula is C19H35N5O7. The second-order valence-electron chi connectivity index (χ2n) is 7.80. The number of carbonyl (C=O) groups is 5. The molecule has 9 N–H and O–H groups in total. The maximum absolute atomic E-state index is 12.9. The molecule has 31 heavy (non-hydrogen) atoms. The molecule has 0 aromatic heterocycles. The summed E-state index contributed by atoms with van der Waals surface area (Å²) in [4.78, 5) is 60.1. The molecule has 12 nitrogen and oxygen atoms in total. The molecule has 5 unspecified atom stereocenters. The third kappa shape index (κ3) is 9.75. The molecule has 0 aliphatic carbocycles. The van der Waals surface area contributed by atoms with Gasteiger partial charge in [-0.25, -0.2) is 4.79 Å². The first-order valence-corrected chi connectivity index (χ1v) is 10.1. The average molecular weight is 446 g/mol. The van der Waals surface area contributed by atoms with Crippen LogP contribution in [-0.2, 0) is 24.0 Å². The van der Waals surface area contributed by atoms with Crippen LogP contribution in [0.3, 0.4) is 0 Å². The molecule has 5 atom stereocenters. The molecule has 0 fully saturated rings. The fourth-order valence-electron chi connectivity index (χ4n) is 2.63. The van der Waals surface area contributed by atoms with Gasteiger partial charge in [0.2, 0.25) is 23.6 Å². The highest BCUT2D eigenvalue weighted by Gasteiger charge is 2.33. The molecule has 0 heterocycles. The van der Waals surface area contributed by atoms with E-state index in [1.807, 2.05) is 0 Å². The molecule has 0 aromatic carbocycles. The fraction of sp³-hybridized carbons (Fsp3) is 0.737. The predicted octanol–water partition coefficient (Wildman–Crippen LogP) is -2.19. The number of hydrogen-bond donors (Lipinski definition) is 7. The van der Waals surface area contributed by atoms with E-state index in [1.165, 1.54) is 0 Å². The molecule has 0 saturated heterocycles. The first-order valence-electron chi connectivity index (χ1n) is 10.1. The summed E-state index contributed by atoms with van der Waals surface area (Å²) >= 11 is 0. The Hall–Kier alpha value is -2.73. The zero-order valence-electron chi connectivity index (χ0n) is 18.4. The van der Waals surface area contributed by atoms with Gasteiger partial charge in [-0.2, -0.15) is 0 Å². The Bertz CT molecular complexity index is 656. The van der Waals surface area contributed by atoms with Crippen molar-refractivity contribution in [1.29, 1.82) is 0 Å². The van der Waals surface area contributed by atoms with Gasteiger partial charge < -0.3 is 37.6 Å². The highest BCUT2D eigenvalue weighted by molar-refractivity contribution is 5.94. The van der Waals surface area contributed by atoms with E-state index >= 15 is 0 Å². The molecule has 0 radical (unpaired) electrons. The van der Waals surface area contributed by atoms with Crippen LogP contribution in [0.4, 0.5) is 0 Å². The number of primary amides is 1. The highest BCUT2D eigenvalue weighted by atomic mass is 16.4. The van der Waals surface area contributed by atoms with Gasteiger partial charge in [-0.1, -0.05) is 34.1 Å². The second-order valence-corrected chi connectivity index (χ2v) is 7.80. The maximum atomic E-state index is 12.9. The molecule has 4 amide bonds. The van der Waals surface area contributed by atoms with Crippen LogP contribution >= 0.6 is 0 Å². The van der Waals surface area contributed by atoms with E-state index in [2.05, 4.69) is 16.0 Å². The van der Waals surface area contributed by atoms with E-state index in [0.29, 0.717) is 6.42 Å². The SMILES string of the molecule is CCC(C)C(NC(=O)C(N)CO)C(=O)NC(CCC(N)=O)C(=O)NC(C(=O)O)C(C)C. The van der Waals surface area contributed by atoms with Gasteiger partial charge >= 0.3 is 5.97 Å². The van der Waals surface area contributed by atoms with Crippen molar-refractivity contribution in [2.75, 3.05) is 6.61 Å². The number of aliphatic carboxylic acids is 1. The lowest BCUT2D eigenvalue weighted by Gasteiger charge is -2.28. The first kappa shape index (κ1) is 28.3. The van der Waals surface area contributed by atoms with Gasteiger partial charge in [0.1, 0.15) is 24.2 Å². The van der Waals surface area contributed by atoms with E-state index in [4.69, 9.17) is 16.6 Å². The van der Waals surface area contributed by atoms with E-state index in [1.54, 1.807) is 27.7 Å². The van der Waals surface area contributed by atoms with Gasteiger partial charge in [0.05, 0.1) is 6.61 Å². The van der Waals surface area contributed by atoms with Crippen molar-refractivity contribution >= 4 is 29.6 Å². The zero-order chi connectivity index (χ0) is 24.3. The number of nitrogens with two attached hydrogens (primary N) is 2. The third-order valence-electron chi connectivity index (χ3n) is 4.87. The molecule has 0 rings (SSSR count). The smallest absolute Gasteiger partial charge is 0.326 e. The number of carboxylic acid groups (broad SMARTS) is 1. The summed E-state index contributed by atoms with van der Waals surface area (Å²) in [5, 5.41) is 25.6. The van der Waals surface area contributed by atoms with Crippen LogP contribution in [0.5, 0.6) is 0 Å². The molecule has 0 spiro atoms. The molecule has 0 saturated carbocycles. The van der Waals surface area contributed by atoms with Crippen LogP contribution in [0.15, 0.2) is 0 Å². The minimum absolute atomic E-state index is 0.158. The molecule has 12 heteroatoms. The minimum atomic E-state index is -1.25. The summed E-state index contributed by atoms with van der Waals surface area (Å²) in [6, 6.07) is -4.75.